The molecular weight excluding hydrogens is 382 g/mol. The van der Waals surface area contributed by atoms with E-state index in [9.17, 15) is 14.4 Å². The number of amides is 2. The number of rotatable bonds is 5. The molecule has 1 aliphatic heterocycles. The second-order valence-corrected chi connectivity index (χ2v) is 8.20. The SMILES string of the molecule is COc1ccc(CCN2C(=O)C3C4CC(=O)C(c5ccccc54)C3C2=O)cc1OC. The van der Waals surface area contributed by atoms with Crippen LogP contribution in [0.2, 0.25) is 0 Å². The first-order valence-corrected chi connectivity index (χ1v) is 10.2. The Kier molecular flexibility index (Phi) is 4.38. The van der Waals surface area contributed by atoms with E-state index in [0.29, 0.717) is 30.9 Å². The largest absolute Gasteiger partial charge is 0.493 e. The monoisotopic (exact) mass is 405 g/mol. The lowest BCUT2D eigenvalue weighted by atomic mass is 9.56. The van der Waals surface area contributed by atoms with Gasteiger partial charge in [0.15, 0.2) is 11.5 Å². The first kappa shape index (κ1) is 18.9. The molecule has 3 aliphatic carbocycles. The van der Waals surface area contributed by atoms with Crippen molar-refractivity contribution >= 4 is 17.6 Å². The minimum Gasteiger partial charge on any atom is -0.493 e. The highest BCUT2D eigenvalue weighted by molar-refractivity contribution is 6.11. The van der Waals surface area contributed by atoms with Gasteiger partial charge in [0.05, 0.1) is 32.0 Å². The summed E-state index contributed by atoms with van der Waals surface area (Å²) < 4.78 is 10.6. The lowest BCUT2D eigenvalue weighted by Gasteiger charge is -2.43. The molecule has 1 saturated carbocycles. The van der Waals surface area contributed by atoms with E-state index in [2.05, 4.69) is 0 Å². The van der Waals surface area contributed by atoms with Crippen LogP contribution in [0, 0.1) is 11.8 Å². The maximum absolute atomic E-state index is 13.3. The topological polar surface area (TPSA) is 72.9 Å². The first-order chi connectivity index (χ1) is 14.5. The normalized spacial score (nSPS) is 26.6. The van der Waals surface area contributed by atoms with Gasteiger partial charge in [0, 0.05) is 18.9 Å². The van der Waals surface area contributed by atoms with E-state index >= 15 is 0 Å². The zero-order valence-corrected chi connectivity index (χ0v) is 17.0. The Morgan fingerprint density at radius 1 is 0.900 bits per heavy atom. The van der Waals surface area contributed by atoms with Crippen LogP contribution in [0.5, 0.6) is 11.5 Å². The standard InChI is InChI=1S/C24H23NO5/c1-29-18-8-7-13(11-19(18)30-2)9-10-25-23(27)21-16-12-17(26)20(22(21)24(25)28)15-6-4-3-5-14(15)16/h3-8,11,16,20-22H,9-10,12H2,1-2H3. The Balaban J connectivity index is 1.41. The fourth-order valence-corrected chi connectivity index (χ4v) is 5.52. The molecule has 2 bridgehead atoms. The third-order valence-corrected chi connectivity index (χ3v) is 6.85. The molecule has 0 spiro atoms. The molecule has 6 nitrogen and oxygen atoms in total. The maximum atomic E-state index is 13.3. The van der Waals surface area contributed by atoms with Gasteiger partial charge >= 0.3 is 0 Å². The third-order valence-electron chi connectivity index (χ3n) is 6.85. The molecule has 4 aliphatic rings. The molecule has 6 rings (SSSR count). The number of imide groups is 1. The van der Waals surface area contributed by atoms with Crippen LogP contribution in [0.3, 0.4) is 0 Å². The van der Waals surface area contributed by atoms with Crippen molar-refractivity contribution in [3.63, 3.8) is 0 Å². The molecule has 1 saturated heterocycles. The Hall–Kier alpha value is -3.15. The predicted molar refractivity (Wildman–Crippen MR) is 108 cm³/mol. The van der Waals surface area contributed by atoms with Crippen molar-refractivity contribution in [1.82, 2.24) is 4.90 Å². The Labute approximate surface area is 174 Å². The number of hydrogen-bond acceptors (Lipinski definition) is 5. The van der Waals surface area contributed by atoms with Gasteiger partial charge in [-0.05, 0) is 35.2 Å². The maximum Gasteiger partial charge on any atom is 0.234 e. The molecule has 2 amide bonds. The summed E-state index contributed by atoms with van der Waals surface area (Å²) in [6.45, 7) is 0.296. The molecule has 30 heavy (non-hydrogen) atoms. The summed E-state index contributed by atoms with van der Waals surface area (Å²) in [5.41, 5.74) is 2.94. The van der Waals surface area contributed by atoms with Gasteiger partial charge in [-0.2, -0.15) is 0 Å². The highest BCUT2D eigenvalue weighted by Gasteiger charge is 2.62. The van der Waals surface area contributed by atoms with Gasteiger partial charge in [-0.25, -0.2) is 0 Å². The zero-order valence-electron chi connectivity index (χ0n) is 17.0. The Bertz CT molecular complexity index is 1060. The van der Waals surface area contributed by atoms with Crippen LogP contribution in [0.15, 0.2) is 42.5 Å². The molecular formula is C24H23NO5. The average molecular weight is 405 g/mol. The molecule has 2 aromatic carbocycles. The number of methoxy groups -OCH3 is 2. The first-order valence-electron chi connectivity index (χ1n) is 10.2. The zero-order chi connectivity index (χ0) is 21.0. The molecule has 4 atom stereocenters. The molecule has 6 heteroatoms. The van der Waals surface area contributed by atoms with Crippen molar-refractivity contribution in [3.05, 3.63) is 59.2 Å². The van der Waals surface area contributed by atoms with Gasteiger partial charge in [-0.1, -0.05) is 30.3 Å². The number of carbonyl (C=O) groups is 3. The number of ketones is 1. The molecule has 4 unspecified atom stereocenters. The number of likely N-dealkylation sites (tertiary alicyclic amines) is 1. The number of fused-ring (bicyclic) bond motifs is 1. The minimum absolute atomic E-state index is 0.0860. The van der Waals surface area contributed by atoms with Crippen LogP contribution in [0.25, 0.3) is 0 Å². The molecule has 0 radical (unpaired) electrons. The van der Waals surface area contributed by atoms with Crippen LogP contribution >= 0.6 is 0 Å². The van der Waals surface area contributed by atoms with Gasteiger partial charge in [0.1, 0.15) is 5.78 Å². The second-order valence-electron chi connectivity index (χ2n) is 8.20. The number of carbonyl (C=O) groups excluding carboxylic acids is 3. The van der Waals surface area contributed by atoms with Gasteiger partial charge in [-0.15, -0.1) is 0 Å². The number of nitrogens with zero attached hydrogens (tertiary/aromatic N) is 1. The van der Waals surface area contributed by atoms with E-state index in [1.165, 1.54) is 4.90 Å². The minimum atomic E-state index is -0.552. The molecule has 0 N–H and O–H groups in total. The third kappa shape index (κ3) is 2.59. The van der Waals surface area contributed by atoms with Crippen molar-refractivity contribution in [3.8, 4) is 11.5 Å². The van der Waals surface area contributed by atoms with Crippen LogP contribution in [-0.4, -0.2) is 43.3 Å². The van der Waals surface area contributed by atoms with Crippen molar-refractivity contribution in [1.29, 1.82) is 0 Å². The van der Waals surface area contributed by atoms with Crippen LogP contribution in [0.1, 0.15) is 34.9 Å². The summed E-state index contributed by atoms with van der Waals surface area (Å²) in [6, 6.07) is 13.4. The summed E-state index contributed by atoms with van der Waals surface area (Å²) in [6.07, 6.45) is 0.874. The predicted octanol–water partition coefficient (Wildman–Crippen LogP) is 2.70. The number of hydrogen-bond donors (Lipinski definition) is 0. The average Bonchev–Trinajstić information content (AvgIpc) is 3.03. The lowest BCUT2D eigenvalue weighted by molar-refractivity contribution is -0.140. The van der Waals surface area contributed by atoms with Crippen molar-refractivity contribution in [2.75, 3.05) is 20.8 Å². The van der Waals surface area contributed by atoms with E-state index in [-0.39, 0.29) is 23.5 Å². The quantitative estimate of drug-likeness (QED) is 0.715. The highest BCUT2D eigenvalue weighted by atomic mass is 16.5. The van der Waals surface area contributed by atoms with E-state index < -0.39 is 17.8 Å². The van der Waals surface area contributed by atoms with E-state index in [0.717, 1.165) is 16.7 Å². The fraction of sp³-hybridized carbons (Fsp3) is 0.375. The summed E-state index contributed by atoms with van der Waals surface area (Å²) in [5.74, 6) is -0.654. The van der Waals surface area contributed by atoms with E-state index in [1.54, 1.807) is 14.2 Å². The van der Waals surface area contributed by atoms with Crippen LogP contribution in [-0.2, 0) is 20.8 Å². The van der Waals surface area contributed by atoms with E-state index in [4.69, 9.17) is 9.47 Å². The lowest BCUT2D eigenvalue weighted by Crippen LogP contribution is -2.44. The van der Waals surface area contributed by atoms with Crippen molar-refractivity contribution in [2.45, 2.75) is 24.7 Å². The smallest absolute Gasteiger partial charge is 0.234 e. The molecule has 2 aromatic rings. The van der Waals surface area contributed by atoms with Crippen molar-refractivity contribution in [2.24, 2.45) is 11.8 Å². The van der Waals surface area contributed by atoms with E-state index in [1.807, 2.05) is 42.5 Å². The number of Topliss-reactive ketones (excluding diaryl/α,β-unsaturated/α-hetero) is 1. The Morgan fingerprint density at radius 3 is 2.33 bits per heavy atom. The van der Waals surface area contributed by atoms with Gasteiger partial charge < -0.3 is 9.47 Å². The van der Waals surface area contributed by atoms with Crippen LogP contribution in [0.4, 0.5) is 0 Å². The van der Waals surface area contributed by atoms with Crippen LogP contribution < -0.4 is 9.47 Å². The summed E-state index contributed by atoms with van der Waals surface area (Å²) in [7, 11) is 3.15. The second kappa shape index (κ2) is 6.97. The summed E-state index contributed by atoms with van der Waals surface area (Å²) in [4.78, 5) is 40.6. The van der Waals surface area contributed by atoms with Gasteiger partial charge in [0.2, 0.25) is 11.8 Å². The summed E-state index contributed by atoms with van der Waals surface area (Å²) in [5, 5.41) is 0. The highest BCUT2D eigenvalue weighted by Crippen LogP contribution is 2.57. The molecule has 1 heterocycles. The molecule has 154 valence electrons. The summed E-state index contributed by atoms with van der Waals surface area (Å²) >= 11 is 0. The Morgan fingerprint density at radius 2 is 1.60 bits per heavy atom. The fourth-order valence-electron chi connectivity index (χ4n) is 5.52. The number of benzene rings is 2. The van der Waals surface area contributed by atoms with Gasteiger partial charge in [0.25, 0.3) is 0 Å². The number of ether oxygens (including phenoxy) is 2. The molecule has 2 fully saturated rings. The molecule has 0 aromatic heterocycles. The van der Waals surface area contributed by atoms with Crippen molar-refractivity contribution < 1.29 is 23.9 Å². The van der Waals surface area contributed by atoms with Gasteiger partial charge in [-0.3, -0.25) is 19.3 Å².